The van der Waals surface area contributed by atoms with Crippen molar-refractivity contribution in [2.75, 3.05) is 0 Å². The van der Waals surface area contributed by atoms with Crippen molar-refractivity contribution >= 4 is 12.2 Å². The molecule has 0 fully saturated rings. The first-order valence-electron chi connectivity index (χ1n) is 4.58. The second kappa shape index (κ2) is 3.25. The number of hydrogen-bond donors (Lipinski definition) is 0. The second-order valence-electron chi connectivity index (χ2n) is 3.47. The van der Waals surface area contributed by atoms with Crippen molar-refractivity contribution in [3.63, 3.8) is 0 Å². The highest BCUT2D eigenvalue weighted by Crippen LogP contribution is 2.23. The molecular formula is C11H11NO2. The van der Waals surface area contributed by atoms with E-state index in [1.165, 1.54) is 0 Å². The van der Waals surface area contributed by atoms with Gasteiger partial charge in [-0.2, -0.15) is 0 Å². The van der Waals surface area contributed by atoms with Crippen LogP contribution >= 0.6 is 0 Å². The summed E-state index contributed by atoms with van der Waals surface area (Å²) < 4.78 is 0. The van der Waals surface area contributed by atoms with Gasteiger partial charge >= 0.3 is 0 Å². The number of aldehydes is 1. The average molecular weight is 189 g/mol. The smallest absolute Gasteiger partial charge is 0.255 e. The van der Waals surface area contributed by atoms with Crippen LogP contribution < -0.4 is 0 Å². The van der Waals surface area contributed by atoms with Gasteiger partial charge in [-0.3, -0.25) is 4.79 Å². The minimum absolute atomic E-state index is 0.0415. The molecule has 1 aliphatic rings. The molecule has 0 saturated carbocycles. The van der Waals surface area contributed by atoms with E-state index in [9.17, 15) is 9.59 Å². The van der Waals surface area contributed by atoms with Gasteiger partial charge in [-0.15, -0.1) is 0 Å². The lowest BCUT2D eigenvalue weighted by Gasteiger charge is -2.18. The van der Waals surface area contributed by atoms with E-state index in [4.69, 9.17) is 0 Å². The van der Waals surface area contributed by atoms with Crippen LogP contribution in [0.15, 0.2) is 24.3 Å². The number of fused-ring (bicyclic) bond motifs is 1. The molecule has 0 spiro atoms. The molecule has 0 N–H and O–H groups in total. The number of benzene rings is 1. The van der Waals surface area contributed by atoms with Crippen molar-refractivity contribution in [2.24, 2.45) is 0 Å². The van der Waals surface area contributed by atoms with E-state index in [-0.39, 0.29) is 11.9 Å². The molecule has 1 aromatic carbocycles. The Morgan fingerprint density at radius 3 is 2.79 bits per heavy atom. The van der Waals surface area contributed by atoms with Crippen LogP contribution in [0, 0.1) is 0 Å². The summed E-state index contributed by atoms with van der Waals surface area (Å²) in [5, 5.41) is 0. The summed E-state index contributed by atoms with van der Waals surface area (Å²) in [6.45, 7) is 2.28. The predicted molar refractivity (Wildman–Crippen MR) is 51.8 cm³/mol. The van der Waals surface area contributed by atoms with Gasteiger partial charge in [0.25, 0.3) is 5.91 Å². The Morgan fingerprint density at radius 1 is 1.43 bits per heavy atom. The van der Waals surface area contributed by atoms with E-state index < -0.39 is 0 Å². The summed E-state index contributed by atoms with van der Waals surface area (Å²) >= 11 is 0. The van der Waals surface area contributed by atoms with Crippen molar-refractivity contribution in [2.45, 2.75) is 19.5 Å². The predicted octanol–water partition coefficient (Wildman–Crippen LogP) is 1.23. The molecule has 14 heavy (non-hydrogen) atoms. The Hall–Kier alpha value is -1.64. The van der Waals surface area contributed by atoms with Crippen LogP contribution in [0.4, 0.5) is 0 Å². The molecule has 0 aromatic heterocycles. The van der Waals surface area contributed by atoms with Crippen molar-refractivity contribution in [3.8, 4) is 0 Å². The minimum atomic E-state index is -0.338. The lowest BCUT2D eigenvalue weighted by molar-refractivity contribution is -0.111. The number of nitrogens with zero attached hydrogens (tertiary/aromatic N) is 1. The molecule has 72 valence electrons. The van der Waals surface area contributed by atoms with Crippen LogP contribution in [0.25, 0.3) is 0 Å². The summed E-state index contributed by atoms with van der Waals surface area (Å²) in [5.41, 5.74) is 1.73. The molecule has 1 aliphatic heterocycles. The molecule has 2 rings (SSSR count). The standard InChI is InChI=1S/C11H11NO2/c1-8(7-13)12-6-9-4-2-3-5-10(9)11(12)14/h2-5,7-8H,6H2,1H3. The molecule has 1 aromatic rings. The third kappa shape index (κ3) is 1.21. The number of rotatable bonds is 2. The van der Waals surface area contributed by atoms with Gasteiger partial charge in [0, 0.05) is 12.1 Å². The lowest BCUT2D eigenvalue weighted by Crippen LogP contribution is -2.34. The normalized spacial score (nSPS) is 16.6. The molecule has 1 unspecified atom stereocenters. The third-order valence-electron chi connectivity index (χ3n) is 2.54. The molecule has 0 radical (unpaired) electrons. The lowest BCUT2D eigenvalue weighted by atomic mass is 10.1. The fourth-order valence-electron chi connectivity index (χ4n) is 1.68. The number of amides is 1. The fourth-order valence-corrected chi connectivity index (χ4v) is 1.68. The molecule has 0 saturated heterocycles. The number of carbonyl (C=O) groups is 2. The highest BCUT2D eigenvalue weighted by Gasteiger charge is 2.29. The van der Waals surface area contributed by atoms with Crippen molar-refractivity contribution in [1.82, 2.24) is 4.90 Å². The Bertz CT molecular complexity index is 387. The first-order chi connectivity index (χ1) is 6.74. The molecule has 0 aliphatic carbocycles. The zero-order valence-corrected chi connectivity index (χ0v) is 7.93. The molecule has 3 nitrogen and oxygen atoms in total. The van der Waals surface area contributed by atoms with E-state index in [1.807, 2.05) is 18.2 Å². The first-order valence-corrected chi connectivity index (χ1v) is 4.58. The van der Waals surface area contributed by atoms with Gasteiger partial charge in [0.15, 0.2) is 0 Å². The van der Waals surface area contributed by atoms with Crippen molar-refractivity contribution in [1.29, 1.82) is 0 Å². The molecule has 0 bridgehead atoms. The Balaban J connectivity index is 2.34. The Labute approximate surface area is 82.3 Å². The summed E-state index contributed by atoms with van der Waals surface area (Å²) in [6.07, 6.45) is 0.795. The van der Waals surface area contributed by atoms with E-state index in [1.54, 1.807) is 17.9 Å². The zero-order chi connectivity index (χ0) is 10.1. The first kappa shape index (κ1) is 8.94. The second-order valence-corrected chi connectivity index (χ2v) is 3.47. The van der Waals surface area contributed by atoms with Crippen LogP contribution in [0.3, 0.4) is 0 Å². The van der Waals surface area contributed by atoms with Gasteiger partial charge in [-0.05, 0) is 18.6 Å². The highest BCUT2D eigenvalue weighted by molar-refractivity contribution is 5.99. The molecule has 1 heterocycles. The molecule has 1 amide bonds. The average Bonchev–Trinajstić information content (AvgIpc) is 2.56. The molecular weight excluding hydrogens is 178 g/mol. The van der Waals surface area contributed by atoms with E-state index >= 15 is 0 Å². The Morgan fingerprint density at radius 2 is 2.14 bits per heavy atom. The summed E-state index contributed by atoms with van der Waals surface area (Å²) in [5.74, 6) is -0.0415. The zero-order valence-electron chi connectivity index (χ0n) is 7.93. The van der Waals surface area contributed by atoms with Crippen LogP contribution in [-0.4, -0.2) is 23.1 Å². The Kier molecular flexibility index (Phi) is 2.08. The van der Waals surface area contributed by atoms with E-state index in [0.29, 0.717) is 6.54 Å². The van der Waals surface area contributed by atoms with Crippen molar-refractivity contribution in [3.05, 3.63) is 35.4 Å². The summed E-state index contributed by atoms with van der Waals surface area (Å²) in [6, 6.07) is 7.13. The van der Waals surface area contributed by atoms with Crippen LogP contribution in [0.2, 0.25) is 0 Å². The van der Waals surface area contributed by atoms with Gasteiger partial charge in [0.2, 0.25) is 0 Å². The van der Waals surface area contributed by atoms with Gasteiger partial charge in [-0.1, -0.05) is 18.2 Å². The van der Waals surface area contributed by atoms with Gasteiger partial charge < -0.3 is 9.69 Å². The van der Waals surface area contributed by atoms with Crippen LogP contribution in [-0.2, 0) is 11.3 Å². The molecule has 3 heteroatoms. The van der Waals surface area contributed by atoms with Crippen molar-refractivity contribution < 1.29 is 9.59 Å². The van der Waals surface area contributed by atoms with E-state index in [2.05, 4.69) is 0 Å². The minimum Gasteiger partial charge on any atom is -0.325 e. The fraction of sp³-hybridized carbons (Fsp3) is 0.273. The van der Waals surface area contributed by atoms with Crippen LogP contribution in [0.5, 0.6) is 0 Å². The summed E-state index contributed by atoms with van der Waals surface area (Å²) in [7, 11) is 0. The number of carbonyl (C=O) groups excluding carboxylic acids is 2. The largest absolute Gasteiger partial charge is 0.325 e. The third-order valence-corrected chi connectivity index (χ3v) is 2.54. The molecule has 1 atom stereocenters. The SMILES string of the molecule is CC(C=O)N1Cc2ccccc2C1=O. The maximum Gasteiger partial charge on any atom is 0.255 e. The highest BCUT2D eigenvalue weighted by atomic mass is 16.2. The van der Waals surface area contributed by atoms with Gasteiger partial charge in [-0.25, -0.2) is 0 Å². The topological polar surface area (TPSA) is 37.4 Å². The van der Waals surface area contributed by atoms with E-state index in [0.717, 1.165) is 17.4 Å². The maximum atomic E-state index is 11.8. The number of hydrogen-bond acceptors (Lipinski definition) is 2. The summed E-state index contributed by atoms with van der Waals surface area (Å²) in [4.78, 5) is 23.9. The van der Waals surface area contributed by atoms with Crippen LogP contribution in [0.1, 0.15) is 22.8 Å². The monoisotopic (exact) mass is 189 g/mol. The maximum absolute atomic E-state index is 11.8. The van der Waals surface area contributed by atoms with Gasteiger partial charge in [0.05, 0.1) is 6.04 Å². The quantitative estimate of drug-likeness (QED) is 0.656. The van der Waals surface area contributed by atoms with Gasteiger partial charge in [0.1, 0.15) is 6.29 Å².